The molecule has 1 heterocycles. The Morgan fingerprint density at radius 2 is 0.860 bits per heavy atom. The number of fused-ring (bicyclic) bond motifs is 8. The summed E-state index contributed by atoms with van der Waals surface area (Å²) in [6, 6.07) is 30.2. The van der Waals surface area contributed by atoms with Crippen LogP contribution in [0.2, 0.25) is 0 Å². The monoisotopic (exact) mass is 560 g/mol. The van der Waals surface area contributed by atoms with E-state index in [1.165, 1.54) is 81.3 Å². The van der Waals surface area contributed by atoms with E-state index in [2.05, 4.69) is 141 Å². The third-order valence-corrected chi connectivity index (χ3v) is 9.79. The summed E-state index contributed by atoms with van der Waals surface area (Å²) in [5.41, 5.74) is 6.08. The SMILES string of the molecule is CC(C)(C)c1cc2cc(C(C)(C)C)cc3c4cc5oc6ccc7ccccc7c6c5c5cc(C(C)(C)C)cc(c(c1)c23)c45. The highest BCUT2D eigenvalue weighted by molar-refractivity contribution is 6.39. The molecule has 0 fully saturated rings. The fourth-order valence-corrected chi connectivity index (χ4v) is 7.25. The first-order valence-electron chi connectivity index (χ1n) is 15.7. The molecule has 214 valence electrons. The van der Waals surface area contributed by atoms with Crippen molar-refractivity contribution in [3.8, 4) is 0 Å². The van der Waals surface area contributed by atoms with E-state index in [-0.39, 0.29) is 16.2 Å². The number of benzene rings is 7. The van der Waals surface area contributed by atoms with Gasteiger partial charge in [-0.2, -0.15) is 0 Å². The van der Waals surface area contributed by atoms with Crippen molar-refractivity contribution in [1.82, 2.24) is 0 Å². The lowest BCUT2D eigenvalue weighted by Gasteiger charge is -2.26. The predicted molar refractivity (Wildman–Crippen MR) is 189 cm³/mol. The third-order valence-electron chi connectivity index (χ3n) is 9.79. The lowest BCUT2D eigenvalue weighted by atomic mass is 9.77. The van der Waals surface area contributed by atoms with E-state index >= 15 is 0 Å². The number of rotatable bonds is 0. The van der Waals surface area contributed by atoms with Gasteiger partial charge in [0.1, 0.15) is 11.2 Å². The van der Waals surface area contributed by atoms with E-state index in [0.29, 0.717) is 0 Å². The van der Waals surface area contributed by atoms with Crippen LogP contribution < -0.4 is 0 Å². The average Bonchev–Trinajstić information content (AvgIpc) is 3.32. The maximum Gasteiger partial charge on any atom is 0.136 e. The van der Waals surface area contributed by atoms with Crippen molar-refractivity contribution in [1.29, 1.82) is 0 Å². The molecular weight excluding hydrogens is 520 g/mol. The topological polar surface area (TPSA) is 13.1 Å². The van der Waals surface area contributed by atoms with Gasteiger partial charge in [0.05, 0.1) is 0 Å². The van der Waals surface area contributed by atoms with Crippen LogP contribution in [0, 0.1) is 0 Å². The maximum atomic E-state index is 6.75. The van der Waals surface area contributed by atoms with Gasteiger partial charge in [0, 0.05) is 10.8 Å². The Balaban J connectivity index is 1.72. The van der Waals surface area contributed by atoms with Crippen molar-refractivity contribution in [3.63, 3.8) is 0 Å². The number of hydrogen-bond donors (Lipinski definition) is 0. The van der Waals surface area contributed by atoms with E-state index < -0.39 is 0 Å². The lowest BCUT2D eigenvalue weighted by Crippen LogP contribution is -2.13. The Hall–Kier alpha value is -4.10. The summed E-state index contributed by atoms with van der Waals surface area (Å²) >= 11 is 0. The van der Waals surface area contributed by atoms with Crippen molar-refractivity contribution in [3.05, 3.63) is 95.6 Å². The van der Waals surface area contributed by atoms with Gasteiger partial charge in [-0.3, -0.25) is 0 Å². The molecule has 0 bridgehead atoms. The largest absolute Gasteiger partial charge is 0.456 e. The first kappa shape index (κ1) is 26.5. The van der Waals surface area contributed by atoms with E-state index in [1.807, 2.05) is 0 Å². The molecule has 0 N–H and O–H groups in total. The Labute approximate surface area is 253 Å². The molecule has 0 saturated carbocycles. The first-order valence-corrected chi connectivity index (χ1v) is 15.7. The van der Waals surface area contributed by atoms with Crippen LogP contribution in [0.5, 0.6) is 0 Å². The summed E-state index contributed by atoms with van der Waals surface area (Å²) in [5, 5.41) is 15.6. The van der Waals surface area contributed by atoms with Gasteiger partial charge in [-0.25, -0.2) is 0 Å². The van der Waals surface area contributed by atoms with Crippen LogP contribution in [0.4, 0.5) is 0 Å². The summed E-state index contributed by atoms with van der Waals surface area (Å²) in [6.45, 7) is 21.0. The Bertz CT molecular complexity index is 2420. The van der Waals surface area contributed by atoms with Gasteiger partial charge in [0.25, 0.3) is 0 Å². The minimum absolute atomic E-state index is 0.00819. The third kappa shape index (κ3) is 3.77. The average molecular weight is 561 g/mol. The summed E-state index contributed by atoms with van der Waals surface area (Å²) in [7, 11) is 0. The molecule has 1 aromatic heterocycles. The second-order valence-corrected chi connectivity index (χ2v) is 15.9. The fourth-order valence-electron chi connectivity index (χ4n) is 7.25. The van der Waals surface area contributed by atoms with Crippen molar-refractivity contribution >= 4 is 75.8 Å². The van der Waals surface area contributed by atoms with Crippen molar-refractivity contribution in [2.75, 3.05) is 0 Å². The zero-order valence-electron chi connectivity index (χ0n) is 26.9. The summed E-state index contributed by atoms with van der Waals surface area (Å²) < 4.78 is 6.75. The minimum Gasteiger partial charge on any atom is -0.456 e. The summed E-state index contributed by atoms with van der Waals surface area (Å²) in [5.74, 6) is 0. The standard InChI is InChI=1S/C42H40O/c1-40(2,3)25-16-24-17-26(41(4,5)6)19-30-32-22-35-39(38-28-13-11-10-12-23(28)14-15-34(38)43-35)33-21-27(42(7,8)9)20-31(37(32)33)29(18-25)36(24)30/h10-22H,1-9H3. The molecule has 0 aliphatic heterocycles. The summed E-state index contributed by atoms with van der Waals surface area (Å²) in [6.07, 6.45) is 0. The van der Waals surface area contributed by atoms with E-state index in [0.717, 1.165) is 11.2 Å². The second-order valence-electron chi connectivity index (χ2n) is 15.9. The van der Waals surface area contributed by atoms with Crippen LogP contribution in [0.15, 0.2) is 83.3 Å². The van der Waals surface area contributed by atoms with Gasteiger partial charge in [0.15, 0.2) is 0 Å². The normalized spacial score (nSPS) is 13.7. The zero-order valence-corrected chi connectivity index (χ0v) is 26.9. The summed E-state index contributed by atoms with van der Waals surface area (Å²) in [4.78, 5) is 0. The molecule has 0 radical (unpaired) electrons. The van der Waals surface area contributed by atoms with Crippen molar-refractivity contribution < 1.29 is 4.42 Å². The molecule has 43 heavy (non-hydrogen) atoms. The van der Waals surface area contributed by atoms with Gasteiger partial charge in [-0.15, -0.1) is 0 Å². The number of furan rings is 1. The Morgan fingerprint density at radius 1 is 0.372 bits per heavy atom. The van der Waals surface area contributed by atoms with E-state index in [1.54, 1.807) is 0 Å². The van der Waals surface area contributed by atoms with E-state index in [4.69, 9.17) is 4.42 Å². The van der Waals surface area contributed by atoms with Gasteiger partial charge >= 0.3 is 0 Å². The van der Waals surface area contributed by atoms with Gasteiger partial charge < -0.3 is 4.42 Å². The zero-order chi connectivity index (χ0) is 30.2. The molecule has 0 aliphatic carbocycles. The molecule has 0 aliphatic rings. The van der Waals surface area contributed by atoms with Crippen LogP contribution >= 0.6 is 0 Å². The van der Waals surface area contributed by atoms with Crippen LogP contribution in [-0.4, -0.2) is 0 Å². The lowest BCUT2D eigenvalue weighted by molar-refractivity contribution is 0.590. The molecule has 8 aromatic rings. The van der Waals surface area contributed by atoms with Gasteiger partial charge in [-0.05, 0) is 123 Å². The highest BCUT2D eigenvalue weighted by Gasteiger charge is 2.26. The van der Waals surface area contributed by atoms with Crippen LogP contribution in [0.3, 0.4) is 0 Å². The second kappa shape index (κ2) is 8.29. The van der Waals surface area contributed by atoms with Crippen LogP contribution in [0.1, 0.15) is 79.0 Å². The highest BCUT2D eigenvalue weighted by atomic mass is 16.3. The van der Waals surface area contributed by atoms with Crippen LogP contribution in [-0.2, 0) is 16.2 Å². The van der Waals surface area contributed by atoms with Crippen LogP contribution in [0.25, 0.3) is 75.8 Å². The molecule has 1 nitrogen and oxygen atoms in total. The van der Waals surface area contributed by atoms with Crippen molar-refractivity contribution in [2.45, 2.75) is 78.6 Å². The molecule has 0 saturated heterocycles. The first-order chi connectivity index (χ1) is 20.2. The molecule has 0 spiro atoms. The number of hydrogen-bond acceptors (Lipinski definition) is 1. The highest BCUT2D eigenvalue weighted by Crippen LogP contribution is 2.49. The Kier molecular flexibility index (Phi) is 5.11. The van der Waals surface area contributed by atoms with Crippen molar-refractivity contribution in [2.24, 2.45) is 0 Å². The quantitative estimate of drug-likeness (QED) is 0.133. The molecule has 0 amide bonds. The molecule has 7 aromatic carbocycles. The van der Waals surface area contributed by atoms with Gasteiger partial charge in [-0.1, -0.05) is 105 Å². The molecule has 0 unspecified atom stereocenters. The smallest absolute Gasteiger partial charge is 0.136 e. The van der Waals surface area contributed by atoms with E-state index in [9.17, 15) is 0 Å². The van der Waals surface area contributed by atoms with Gasteiger partial charge in [0.2, 0.25) is 0 Å². The molecule has 0 atom stereocenters. The maximum absolute atomic E-state index is 6.75. The fraction of sp³-hybridized carbons (Fsp3) is 0.286. The predicted octanol–water partition coefficient (Wildman–Crippen LogP) is 12.7. The Morgan fingerprint density at radius 3 is 1.47 bits per heavy atom. The molecular formula is C42H40O. The molecule has 8 rings (SSSR count). The minimum atomic E-state index is -0.00819. The molecule has 1 heteroatoms.